The van der Waals surface area contributed by atoms with Gasteiger partial charge in [0.05, 0.1) is 0 Å². The molecule has 19 heavy (non-hydrogen) atoms. The maximum Gasteiger partial charge on any atom is 0.130 e. The summed E-state index contributed by atoms with van der Waals surface area (Å²) in [4.78, 5) is 6.90. The molecule has 2 heterocycles. The van der Waals surface area contributed by atoms with E-state index in [-0.39, 0.29) is 0 Å². The Balaban J connectivity index is 1.56. The number of hydrogen-bond donors (Lipinski definition) is 1. The maximum atomic E-state index is 4.50. The molecule has 0 amide bonds. The Morgan fingerprint density at radius 1 is 1.11 bits per heavy atom. The fourth-order valence-corrected chi connectivity index (χ4v) is 3.30. The third-order valence-electron chi connectivity index (χ3n) is 4.50. The van der Waals surface area contributed by atoms with Gasteiger partial charge in [-0.1, -0.05) is 19.3 Å². The second-order valence-corrected chi connectivity index (χ2v) is 5.98. The first kappa shape index (κ1) is 12.8. The quantitative estimate of drug-likeness (QED) is 0.894. The molecule has 0 radical (unpaired) electrons. The van der Waals surface area contributed by atoms with Gasteiger partial charge >= 0.3 is 0 Å². The van der Waals surface area contributed by atoms with Gasteiger partial charge in [-0.3, -0.25) is 0 Å². The fraction of sp³-hybridized carbons (Fsp3) is 0.688. The highest BCUT2D eigenvalue weighted by atomic mass is 15.2. The molecule has 1 aliphatic carbocycles. The third-order valence-corrected chi connectivity index (χ3v) is 4.50. The third kappa shape index (κ3) is 3.40. The molecule has 0 bridgehead atoms. The van der Waals surface area contributed by atoms with E-state index in [4.69, 9.17) is 0 Å². The van der Waals surface area contributed by atoms with Crippen LogP contribution in [-0.4, -0.2) is 24.6 Å². The highest BCUT2D eigenvalue weighted by Crippen LogP contribution is 2.25. The zero-order valence-electron chi connectivity index (χ0n) is 11.8. The van der Waals surface area contributed by atoms with E-state index >= 15 is 0 Å². The molecule has 0 atom stereocenters. The summed E-state index contributed by atoms with van der Waals surface area (Å²) in [5.41, 5.74) is 1.24. The smallest absolute Gasteiger partial charge is 0.130 e. The average molecular weight is 259 g/mol. The van der Waals surface area contributed by atoms with Gasteiger partial charge in [0, 0.05) is 37.6 Å². The predicted octanol–water partition coefficient (Wildman–Crippen LogP) is 3.67. The van der Waals surface area contributed by atoms with E-state index in [1.165, 1.54) is 63.7 Å². The van der Waals surface area contributed by atoms with Crippen molar-refractivity contribution in [3.8, 4) is 0 Å². The molecule has 1 saturated carbocycles. The lowest BCUT2D eigenvalue weighted by Gasteiger charge is -2.23. The first-order chi connectivity index (χ1) is 9.42. The zero-order chi connectivity index (χ0) is 12.9. The minimum absolute atomic E-state index is 0.872. The van der Waals surface area contributed by atoms with Gasteiger partial charge in [-0.05, 0) is 37.7 Å². The molecule has 3 nitrogen and oxygen atoms in total. The summed E-state index contributed by atoms with van der Waals surface area (Å²) in [5.74, 6) is 2.02. The zero-order valence-corrected chi connectivity index (χ0v) is 11.8. The van der Waals surface area contributed by atoms with Gasteiger partial charge in [-0.2, -0.15) is 0 Å². The lowest BCUT2D eigenvalue weighted by atomic mass is 9.89. The van der Waals surface area contributed by atoms with Crippen molar-refractivity contribution in [1.82, 2.24) is 4.98 Å². The standard InChI is InChI=1S/C16H25N3/c1-2-6-14(7-3-1)13-18-15-8-9-17-16(12-15)19-10-4-5-11-19/h8-9,12,14H,1-7,10-11,13H2,(H,17,18). The van der Waals surface area contributed by atoms with Gasteiger partial charge in [0.1, 0.15) is 5.82 Å². The largest absolute Gasteiger partial charge is 0.385 e. The minimum atomic E-state index is 0.872. The molecule has 3 heteroatoms. The molecule has 3 rings (SSSR count). The van der Waals surface area contributed by atoms with Crippen LogP contribution in [0.25, 0.3) is 0 Å². The van der Waals surface area contributed by atoms with Gasteiger partial charge in [0.25, 0.3) is 0 Å². The van der Waals surface area contributed by atoms with Crippen molar-refractivity contribution in [2.75, 3.05) is 29.9 Å². The summed E-state index contributed by atoms with van der Waals surface area (Å²) in [6.07, 6.45) is 11.6. The topological polar surface area (TPSA) is 28.2 Å². The van der Waals surface area contributed by atoms with E-state index in [0.29, 0.717) is 0 Å². The molecule has 1 saturated heterocycles. The normalized spacial score (nSPS) is 20.7. The molecule has 1 N–H and O–H groups in total. The van der Waals surface area contributed by atoms with E-state index in [2.05, 4.69) is 27.3 Å². The number of pyridine rings is 1. The SMILES string of the molecule is c1cc(NCC2CCCCC2)cc(N2CCCC2)n1. The van der Waals surface area contributed by atoms with Crippen molar-refractivity contribution in [1.29, 1.82) is 0 Å². The van der Waals surface area contributed by atoms with Crippen molar-refractivity contribution in [2.24, 2.45) is 5.92 Å². The number of hydrogen-bond acceptors (Lipinski definition) is 3. The Morgan fingerprint density at radius 2 is 1.89 bits per heavy atom. The van der Waals surface area contributed by atoms with E-state index in [9.17, 15) is 0 Å². The minimum Gasteiger partial charge on any atom is -0.385 e. The Morgan fingerprint density at radius 3 is 2.68 bits per heavy atom. The molecule has 1 aliphatic heterocycles. The summed E-state index contributed by atoms with van der Waals surface area (Å²) in [6.45, 7) is 3.46. The van der Waals surface area contributed by atoms with Crippen LogP contribution in [0, 0.1) is 5.92 Å². The van der Waals surface area contributed by atoms with Crippen LogP contribution in [0.4, 0.5) is 11.5 Å². The van der Waals surface area contributed by atoms with Crippen LogP contribution < -0.4 is 10.2 Å². The number of anilines is 2. The predicted molar refractivity (Wildman–Crippen MR) is 80.7 cm³/mol. The van der Waals surface area contributed by atoms with Gasteiger partial charge < -0.3 is 10.2 Å². The molecule has 1 aromatic rings. The maximum absolute atomic E-state index is 4.50. The van der Waals surface area contributed by atoms with Crippen LogP contribution in [0.3, 0.4) is 0 Å². The van der Waals surface area contributed by atoms with Crippen molar-refractivity contribution in [3.05, 3.63) is 18.3 Å². The van der Waals surface area contributed by atoms with E-state index in [1.54, 1.807) is 0 Å². The average Bonchev–Trinajstić information content (AvgIpc) is 3.01. The van der Waals surface area contributed by atoms with Crippen molar-refractivity contribution < 1.29 is 0 Å². The van der Waals surface area contributed by atoms with Crippen LogP contribution in [0.2, 0.25) is 0 Å². The van der Waals surface area contributed by atoms with E-state index < -0.39 is 0 Å². The Kier molecular flexibility index (Phi) is 4.21. The molecule has 0 unspecified atom stereocenters. The monoisotopic (exact) mass is 259 g/mol. The second-order valence-electron chi connectivity index (χ2n) is 5.98. The van der Waals surface area contributed by atoms with Gasteiger partial charge in [0.15, 0.2) is 0 Å². The van der Waals surface area contributed by atoms with Gasteiger partial charge in [-0.25, -0.2) is 4.98 Å². The van der Waals surface area contributed by atoms with Crippen LogP contribution >= 0.6 is 0 Å². The van der Waals surface area contributed by atoms with Crippen molar-refractivity contribution in [3.63, 3.8) is 0 Å². The summed E-state index contributed by atoms with van der Waals surface area (Å²) < 4.78 is 0. The van der Waals surface area contributed by atoms with Crippen LogP contribution in [0.1, 0.15) is 44.9 Å². The van der Waals surface area contributed by atoms with E-state index in [1.807, 2.05) is 6.20 Å². The summed E-state index contributed by atoms with van der Waals surface area (Å²) in [7, 11) is 0. The molecule has 0 aromatic carbocycles. The molecular weight excluding hydrogens is 234 g/mol. The summed E-state index contributed by atoms with van der Waals surface area (Å²) in [5, 5.41) is 3.61. The first-order valence-electron chi connectivity index (χ1n) is 7.87. The Hall–Kier alpha value is -1.25. The van der Waals surface area contributed by atoms with Crippen LogP contribution in [-0.2, 0) is 0 Å². The molecule has 1 aromatic heterocycles. The van der Waals surface area contributed by atoms with Crippen molar-refractivity contribution >= 4 is 11.5 Å². The summed E-state index contributed by atoms with van der Waals surface area (Å²) >= 11 is 0. The highest BCUT2D eigenvalue weighted by Gasteiger charge is 2.15. The number of nitrogens with one attached hydrogen (secondary N) is 1. The van der Waals surface area contributed by atoms with Gasteiger partial charge in [-0.15, -0.1) is 0 Å². The van der Waals surface area contributed by atoms with Crippen LogP contribution in [0.5, 0.6) is 0 Å². The number of nitrogens with zero attached hydrogens (tertiary/aromatic N) is 2. The molecule has 104 valence electrons. The lowest BCUT2D eigenvalue weighted by Crippen LogP contribution is -2.20. The van der Waals surface area contributed by atoms with Crippen LogP contribution in [0.15, 0.2) is 18.3 Å². The van der Waals surface area contributed by atoms with Gasteiger partial charge in [0.2, 0.25) is 0 Å². The molecule has 2 aliphatic rings. The molecule has 2 fully saturated rings. The Bertz CT molecular complexity index is 393. The second kappa shape index (κ2) is 6.27. The molecular formula is C16H25N3. The summed E-state index contributed by atoms with van der Waals surface area (Å²) in [6, 6.07) is 4.32. The van der Waals surface area contributed by atoms with E-state index in [0.717, 1.165) is 18.3 Å². The Labute approximate surface area is 116 Å². The highest BCUT2D eigenvalue weighted by molar-refractivity contribution is 5.53. The first-order valence-corrected chi connectivity index (χ1v) is 7.87. The number of aromatic nitrogens is 1. The van der Waals surface area contributed by atoms with Crippen molar-refractivity contribution in [2.45, 2.75) is 44.9 Å². The molecule has 0 spiro atoms. The fourth-order valence-electron chi connectivity index (χ4n) is 3.30. The lowest BCUT2D eigenvalue weighted by molar-refractivity contribution is 0.373. The number of rotatable bonds is 4.